The first-order chi connectivity index (χ1) is 16.6. The predicted molar refractivity (Wildman–Crippen MR) is 120 cm³/mol. The lowest BCUT2D eigenvalue weighted by Gasteiger charge is -2.17. The van der Waals surface area contributed by atoms with Crippen LogP contribution in [0.15, 0.2) is 48.5 Å². The highest BCUT2D eigenvalue weighted by Crippen LogP contribution is 2.46. The second-order valence-electron chi connectivity index (χ2n) is 6.86. The number of hydrogen-bond acceptors (Lipinski definition) is 11. The number of nitro groups is 2. The summed E-state index contributed by atoms with van der Waals surface area (Å²) < 4.78 is 27.1. The summed E-state index contributed by atoms with van der Waals surface area (Å²) in [7, 11) is -2.45. The van der Waals surface area contributed by atoms with Crippen LogP contribution in [0.4, 0.5) is 16.2 Å². The topological polar surface area (TPSA) is 197 Å². The normalized spacial score (nSPS) is 13.2. The minimum Gasteiger partial charge on any atom is -0.467 e. The van der Waals surface area contributed by atoms with Crippen molar-refractivity contribution in [3.8, 4) is 0 Å². The highest BCUT2D eigenvalue weighted by atomic mass is 31.1. The van der Waals surface area contributed by atoms with Crippen LogP contribution in [0.2, 0.25) is 0 Å². The average Bonchev–Trinajstić information content (AvgIpc) is 2.85. The molecule has 0 saturated carbocycles. The van der Waals surface area contributed by atoms with Crippen molar-refractivity contribution < 1.29 is 43.1 Å². The summed E-state index contributed by atoms with van der Waals surface area (Å²) in [5.41, 5.74) is -1.66. The lowest BCUT2D eigenvalue weighted by molar-refractivity contribution is -0.396. The molecule has 0 spiro atoms. The maximum absolute atomic E-state index is 12.4. The van der Waals surface area contributed by atoms with E-state index in [0.29, 0.717) is 5.56 Å². The van der Waals surface area contributed by atoms with E-state index in [1.165, 1.54) is 0 Å². The lowest BCUT2D eigenvalue weighted by Crippen LogP contribution is -2.42. The third kappa shape index (κ3) is 7.84. The summed E-state index contributed by atoms with van der Waals surface area (Å²) in [6, 6.07) is 10.4. The molecule has 2 aromatic rings. The molecule has 188 valence electrons. The van der Waals surface area contributed by atoms with E-state index in [-0.39, 0.29) is 13.0 Å². The van der Waals surface area contributed by atoms with Gasteiger partial charge in [-0.15, -0.1) is 0 Å². The summed E-state index contributed by atoms with van der Waals surface area (Å²) in [4.78, 5) is 44.5. The van der Waals surface area contributed by atoms with Gasteiger partial charge < -0.3 is 24.4 Å². The van der Waals surface area contributed by atoms with Crippen molar-refractivity contribution in [1.29, 1.82) is 0 Å². The Labute approximate surface area is 199 Å². The number of carbonyl (C=O) groups excluding carboxylic acids is 2. The number of carbonyl (C=O) groups is 2. The Morgan fingerprint density at radius 3 is 2.20 bits per heavy atom. The van der Waals surface area contributed by atoms with Gasteiger partial charge in [0.25, 0.3) is 11.4 Å². The van der Waals surface area contributed by atoms with Crippen molar-refractivity contribution >= 4 is 31.5 Å². The molecule has 2 N–H and O–H groups in total. The number of aliphatic hydroxyl groups excluding tert-OH is 1. The van der Waals surface area contributed by atoms with Gasteiger partial charge in [0.2, 0.25) is 8.03 Å². The van der Waals surface area contributed by atoms with E-state index in [1.807, 2.05) is 0 Å². The Morgan fingerprint density at radius 2 is 1.66 bits per heavy atom. The molecule has 15 heteroatoms. The van der Waals surface area contributed by atoms with Crippen LogP contribution in [-0.2, 0) is 30.0 Å². The minimum absolute atomic E-state index is 0.0639. The molecule has 2 unspecified atom stereocenters. The van der Waals surface area contributed by atoms with Gasteiger partial charge in [-0.3, -0.25) is 24.8 Å². The fourth-order valence-corrected chi connectivity index (χ4v) is 3.92. The van der Waals surface area contributed by atoms with E-state index in [0.717, 1.165) is 25.3 Å². The number of aliphatic hydroxyl groups is 1. The molecule has 3 atom stereocenters. The van der Waals surface area contributed by atoms with Crippen LogP contribution in [0.1, 0.15) is 23.4 Å². The lowest BCUT2D eigenvalue weighted by atomic mass is 10.1. The van der Waals surface area contributed by atoms with E-state index in [2.05, 4.69) is 10.1 Å². The van der Waals surface area contributed by atoms with E-state index >= 15 is 0 Å². The fourth-order valence-electron chi connectivity index (χ4n) is 2.91. The van der Waals surface area contributed by atoms with Crippen LogP contribution in [0.5, 0.6) is 0 Å². The first-order valence-electron chi connectivity index (χ1n) is 9.97. The number of methoxy groups -OCH3 is 1. The quantitative estimate of drug-likeness (QED) is 0.184. The van der Waals surface area contributed by atoms with Gasteiger partial charge in [0.1, 0.15) is 18.2 Å². The highest BCUT2D eigenvalue weighted by Gasteiger charge is 2.34. The van der Waals surface area contributed by atoms with Crippen molar-refractivity contribution in [1.82, 2.24) is 5.32 Å². The molecule has 2 aromatic carbocycles. The molecule has 0 radical (unpaired) electrons. The summed E-state index contributed by atoms with van der Waals surface area (Å²) in [6.45, 7) is -0.534. The maximum Gasteiger partial charge on any atom is 0.408 e. The molecule has 0 aliphatic heterocycles. The zero-order valence-electron chi connectivity index (χ0n) is 18.3. The van der Waals surface area contributed by atoms with Gasteiger partial charge in [-0.2, -0.15) is 0 Å². The van der Waals surface area contributed by atoms with E-state index in [1.54, 1.807) is 30.3 Å². The first-order valence-corrected chi connectivity index (χ1v) is 11.4. The third-order valence-electron chi connectivity index (χ3n) is 4.59. The molecule has 0 fully saturated rings. The number of nitrogens with zero attached hydrogens (tertiary/aromatic N) is 2. The summed E-state index contributed by atoms with van der Waals surface area (Å²) in [5.74, 6) is -3.03. The number of esters is 1. The minimum atomic E-state index is -3.53. The monoisotopic (exact) mass is 511 g/mol. The fraction of sp³-hybridized carbons (Fsp3) is 0.300. The summed E-state index contributed by atoms with van der Waals surface area (Å²) in [6.07, 6.45) is -1.21. The molecular formula is C20H22N3O11P. The van der Waals surface area contributed by atoms with E-state index in [9.17, 15) is 39.5 Å². The Morgan fingerprint density at radius 1 is 1.06 bits per heavy atom. The first kappa shape index (κ1) is 27.4. The average molecular weight is 511 g/mol. The second-order valence-corrected chi connectivity index (χ2v) is 8.34. The molecule has 0 aromatic heterocycles. The molecule has 35 heavy (non-hydrogen) atoms. The molecular weight excluding hydrogens is 489 g/mol. The maximum atomic E-state index is 12.4. The number of hydrogen-bond donors (Lipinski definition) is 2. The molecule has 0 saturated heterocycles. The molecule has 0 aliphatic carbocycles. The van der Waals surface area contributed by atoms with Crippen molar-refractivity contribution in [2.75, 3.05) is 13.7 Å². The Balaban J connectivity index is 2.00. The third-order valence-corrected chi connectivity index (χ3v) is 5.82. The van der Waals surface area contributed by atoms with Gasteiger partial charge in [0.05, 0.1) is 23.6 Å². The molecule has 14 nitrogen and oxygen atoms in total. The van der Waals surface area contributed by atoms with Crippen molar-refractivity contribution in [2.24, 2.45) is 0 Å². The second kappa shape index (κ2) is 13.1. The van der Waals surface area contributed by atoms with Gasteiger partial charge in [-0.1, -0.05) is 30.3 Å². The Kier molecular flexibility index (Phi) is 10.3. The number of alkyl carbamates (subject to hydrolysis) is 1. The molecule has 1 amide bonds. The number of rotatable bonds is 12. The van der Waals surface area contributed by atoms with Gasteiger partial charge in [0, 0.05) is 18.6 Å². The van der Waals surface area contributed by atoms with Crippen molar-refractivity contribution in [2.45, 2.75) is 24.9 Å². The summed E-state index contributed by atoms with van der Waals surface area (Å²) in [5, 5.41) is 35.0. The number of amides is 1. The van der Waals surface area contributed by atoms with Gasteiger partial charge in [0.15, 0.2) is 5.85 Å². The zero-order chi connectivity index (χ0) is 26.0. The molecule has 0 bridgehead atoms. The standard InChI is InChI=1S/C20H22N3O11P/c1-32-18(24)14(21-20(26)33-12-13-6-3-2-4-7-13)10-11-34-35(31)19(25)17-15(22(27)28)8-5-9-16(17)23(29)30/h2-9,14,19,25,35H,10-12H2,1H3,(H,21,26)/t14-,19?/m0/s1. The predicted octanol–water partition coefficient (Wildman–Crippen LogP) is 2.84. The molecule has 2 rings (SSSR count). The Bertz CT molecular complexity index is 1060. The van der Waals surface area contributed by atoms with Crippen LogP contribution in [0, 0.1) is 20.2 Å². The van der Waals surface area contributed by atoms with Gasteiger partial charge in [-0.25, -0.2) is 9.59 Å². The largest absolute Gasteiger partial charge is 0.467 e. The summed E-state index contributed by atoms with van der Waals surface area (Å²) >= 11 is 0. The van der Waals surface area contributed by atoms with Crippen LogP contribution >= 0.6 is 8.03 Å². The van der Waals surface area contributed by atoms with Crippen LogP contribution in [0.3, 0.4) is 0 Å². The van der Waals surface area contributed by atoms with Crippen LogP contribution < -0.4 is 5.32 Å². The Hall–Kier alpha value is -3.87. The highest BCUT2D eigenvalue weighted by molar-refractivity contribution is 7.39. The number of nitrogens with one attached hydrogen (secondary N) is 1. The van der Waals surface area contributed by atoms with E-state index in [4.69, 9.17) is 9.26 Å². The van der Waals surface area contributed by atoms with Gasteiger partial charge >= 0.3 is 12.1 Å². The van der Waals surface area contributed by atoms with Crippen molar-refractivity contribution in [3.05, 3.63) is 79.9 Å². The zero-order valence-corrected chi connectivity index (χ0v) is 19.3. The number of ether oxygens (including phenoxy) is 2. The smallest absolute Gasteiger partial charge is 0.408 e. The number of nitro benzene ring substituents is 2. The molecule has 0 aliphatic rings. The molecule has 0 heterocycles. The number of benzene rings is 2. The van der Waals surface area contributed by atoms with Crippen molar-refractivity contribution in [3.63, 3.8) is 0 Å². The van der Waals surface area contributed by atoms with Gasteiger partial charge in [-0.05, 0) is 11.6 Å². The van der Waals surface area contributed by atoms with E-state index < -0.39 is 65.4 Å². The van der Waals surface area contributed by atoms with Crippen LogP contribution in [0.25, 0.3) is 0 Å². The SMILES string of the molecule is COC(=O)[C@H](CCO[PH](=O)C(O)c1c([N+](=O)[O-])cccc1[N+](=O)[O-])NC(=O)OCc1ccccc1. The van der Waals surface area contributed by atoms with Crippen LogP contribution in [-0.4, -0.2) is 46.8 Å².